The van der Waals surface area contributed by atoms with Crippen molar-refractivity contribution in [3.05, 3.63) is 0 Å². The maximum Gasteiger partial charge on any atom is 0.303 e. The van der Waals surface area contributed by atoms with E-state index in [1.54, 1.807) is 13.8 Å². The summed E-state index contributed by atoms with van der Waals surface area (Å²) in [5.74, 6) is -10.2. The standard InChI is InChI=1S/C42H69N11O17S/c1-18(2)14-25(51-37(64)23(48-21(5)55)10-12-31(59)60)39(66)47-19(3)36(63)50-24(9-11-28(43)56)38(65)52-32(20(4)69-42-33(49-22(6)71)35(62)34(61)27(17-54)70-42)41(68)46-16-30(58)53-13-7-8-26(53)40(67)45-15-29(44)57/h18-20,23-27,32-35,42,54,61-62H,7-17H2,1-6H3,(H2,43,56)(H2,44,57)(H,45,67)(H,46,68)(H,47,66)(H,48,55)(H,49,71)(H,50,63)(H,51,64)(H,52,65)(H,59,60)/t19-,20+,23-,24-,25-,26-,27+,32-,33+,34-,35+,42-/m0/s1. The molecule has 0 radical (unpaired) electrons. The molecule has 2 rings (SSSR count). The molecular formula is C42H69N11O17S. The van der Waals surface area contributed by atoms with Crippen molar-refractivity contribution in [1.82, 2.24) is 47.4 Å². The Bertz CT molecular complexity index is 1960. The van der Waals surface area contributed by atoms with Crippen molar-refractivity contribution in [3.63, 3.8) is 0 Å². The lowest BCUT2D eigenvalue weighted by molar-refractivity contribution is -0.280. The second-order valence-corrected chi connectivity index (χ2v) is 18.2. The molecule has 0 aromatic heterocycles. The van der Waals surface area contributed by atoms with Gasteiger partial charge in [-0.05, 0) is 58.8 Å². The summed E-state index contributed by atoms with van der Waals surface area (Å²) < 4.78 is 11.8. The van der Waals surface area contributed by atoms with Crippen molar-refractivity contribution < 1.29 is 82.6 Å². The number of rotatable bonds is 28. The minimum atomic E-state index is -1.82. The zero-order valence-electron chi connectivity index (χ0n) is 40.4. The zero-order valence-corrected chi connectivity index (χ0v) is 41.2. The lowest BCUT2D eigenvalue weighted by Crippen LogP contribution is -2.66. The molecule has 2 saturated heterocycles. The number of carboxylic acid groups (broad SMARTS) is 1. The van der Waals surface area contributed by atoms with E-state index in [0.29, 0.717) is 6.42 Å². The van der Waals surface area contributed by atoms with E-state index in [4.69, 9.17) is 38.3 Å². The Morgan fingerprint density at radius 2 is 1.34 bits per heavy atom. The Hall–Kier alpha value is -6.14. The predicted molar refractivity (Wildman–Crippen MR) is 249 cm³/mol. The Kier molecular flexibility index (Phi) is 25.1. The lowest BCUT2D eigenvalue weighted by Gasteiger charge is -2.43. The van der Waals surface area contributed by atoms with Gasteiger partial charge >= 0.3 is 5.97 Å². The number of nitrogens with two attached hydrogens (primary N) is 2. The number of hydrogen-bond donors (Lipinski definition) is 14. The number of thiocarbonyl (C=S) groups is 1. The summed E-state index contributed by atoms with van der Waals surface area (Å²) in [4.78, 5) is 142. The molecule has 400 valence electrons. The molecule has 16 N–H and O–H groups in total. The number of primary amides is 2. The second kappa shape index (κ2) is 29.3. The smallest absolute Gasteiger partial charge is 0.303 e. The van der Waals surface area contributed by atoms with Crippen LogP contribution in [0.1, 0.15) is 86.5 Å². The largest absolute Gasteiger partial charge is 0.481 e. The van der Waals surface area contributed by atoms with Crippen LogP contribution in [0.4, 0.5) is 0 Å². The number of aliphatic carboxylic acids is 1. The molecule has 0 saturated carbocycles. The molecule has 2 heterocycles. The van der Waals surface area contributed by atoms with Gasteiger partial charge in [0.2, 0.25) is 59.1 Å². The summed E-state index contributed by atoms with van der Waals surface area (Å²) in [6, 6.07) is -9.88. The molecule has 2 aliphatic rings. The molecule has 0 aromatic carbocycles. The van der Waals surface area contributed by atoms with Crippen LogP contribution in [0.3, 0.4) is 0 Å². The van der Waals surface area contributed by atoms with Crippen molar-refractivity contribution in [2.75, 3.05) is 26.2 Å². The van der Waals surface area contributed by atoms with Crippen LogP contribution < -0.4 is 54.0 Å². The number of carboxylic acids is 1. The number of hydrogen-bond acceptors (Lipinski definition) is 17. The number of nitrogens with one attached hydrogen (secondary N) is 8. The minimum absolute atomic E-state index is 0.0233. The molecule has 71 heavy (non-hydrogen) atoms. The molecule has 0 unspecified atom stereocenters. The number of amides is 10. The maximum atomic E-state index is 14.2. The molecule has 0 aliphatic carbocycles. The monoisotopic (exact) mass is 1030 g/mol. The first kappa shape index (κ1) is 61.0. The lowest BCUT2D eigenvalue weighted by atomic mass is 9.96. The van der Waals surface area contributed by atoms with Gasteiger partial charge in [0.1, 0.15) is 60.6 Å². The van der Waals surface area contributed by atoms with Gasteiger partial charge in [0.25, 0.3) is 0 Å². The van der Waals surface area contributed by atoms with Crippen LogP contribution >= 0.6 is 12.2 Å². The van der Waals surface area contributed by atoms with Crippen LogP contribution in [0.2, 0.25) is 0 Å². The summed E-state index contributed by atoms with van der Waals surface area (Å²) in [5, 5.41) is 60.1. The zero-order chi connectivity index (χ0) is 53.9. The van der Waals surface area contributed by atoms with Gasteiger partial charge in [-0.3, -0.25) is 52.7 Å². The molecule has 0 spiro atoms. The van der Waals surface area contributed by atoms with Crippen LogP contribution in [0, 0.1) is 5.92 Å². The fourth-order valence-corrected chi connectivity index (χ4v) is 7.66. The highest BCUT2D eigenvalue weighted by Crippen LogP contribution is 2.24. The number of carbonyl (C=O) groups is 11. The van der Waals surface area contributed by atoms with E-state index in [1.807, 2.05) is 0 Å². The number of carbonyl (C=O) groups excluding carboxylic acids is 10. The molecule has 29 heteroatoms. The molecule has 0 bridgehead atoms. The summed E-state index contributed by atoms with van der Waals surface area (Å²) in [6.45, 7) is 6.61. The van der Waals surface area contributed by atoms with Crippen LogP contribution in [-0.4, -0.2) is 195 Å². The quantitative estimate of drug-likeness (QED) is 0.0324. The van der Waals surface area contributed by atoms with Crippen molar-refractivity contribution in [3.8, 4) is 0 Å². The minimum Gasteiger partial charge on any atom is -0.481 e. The third-order valence-electron chi connectivity index (χ3n) is 11.1. The van der Waals surface area contributed by atoms with Gasteiger partial charge in [-0.25, -0.2) is 0 Å². The average molecular weight is 1030 g/mol. The summed E-state index contributed by atoms with van der Waals surface area (Å²) in [7, 11) is 0. The SMILES string of the molecule is CC(=O)N[C@@H](CCC(=O)O)C(=O)N[C@@H](CC(C)C)C(=O)N[C@@H](C)C(=O)N[C@@H](CCC(N)=O)C(=O)N[C@H](C(=O)NCC(=O)N1CCC[C@H]1C(=O)NCC(N)=O)[C@@H](C)O[C@H]1O[C@H](CO)[C@H](O)[C@H](O)[C@H]1NC(C)=S. The molecule has 28 nitrogen and oxygen atoms in total. The molecular weight excluding hydrogens is 963 g/mol. The van der Waals surface area contributed by atoms with E-state index < -0.39 is 177 Å². The average Bonchev–Trinajstić information content (AvgIpc) is 3.78. The third-order valence-corrected chi connectivity index (χ3v) is 11.2. The third kappa shape index (κ3) is 20.2. The molecule has 12 atom stereocenters. The Morgan fingerprint density at radius 1 is 0.746 bits per heavy atom. The summed E-state index contributed by atoms with van der Waals surface area (Å²) in [5.41, 5.74) is 10.5. The fraction of sp³-hybridized carbons (Fsp3) is 0.714. The van der Waals surface area contributed by atoms with Crippen molar-refractivity contribution >= 4 is 82.2 Å². The first-order valence-electron chi connectivity index (χ1n) is 22.8. The normalized spacial score (nSPS) is 22.2. The van der Waals surface area contributed by atoms with E-state index in [1.165, 1.54) is 25.7 Å². The highest BCUT2D eigenvalue weighted by molar-refractivity contribution is 7.80. The van der Waals surface area contributed by atoms with E-state index in [9.17, 15) is 68.1 Å². The Balaban J connectivity index is 2.44. The second-order valence-electron chi connectivity index (χ2n) is 17.6. The van der Waals surface area contributed by atoms with Gasteiger partial charge in [0, 0.05) is 26.3 Å². The van der Waals surface area contributed by atoms with Crippen LogP contribution in [-0.2, 0) is 62.2 Å². The molecule has 2 fully saturated rings. The van der Waals surface area contributed by atoms with Crippen molar-refractivity contribution in [1.29, 1.82) is 0 Å². The maximum absolute atomic E-state index is 14.2. The number of aliphatic hydroxyl groups excluding tert-OH is 3. The number of aliphatic hydroxyl groups is 3. The van der Waals surface area contributed by atoms with E-state index in [2.05, 4.69) is 42.5 Å². The highest BCUT2D eigenvalue weighted by Gasteiger charge is 2.47. The number of ether oxygens (including phenoxy) is 2. The van der Waals surface area contributed by atoms with E-state index >= 15 is 0 Å². The Morgan fingerprint density at radius 3 is 1.90 bits per heavy atom. The summed E-state index contributed by atoms with van der Waals surface area (Å²) in [6.07, 6.45) is -8.89. The molecule has 2 aliphatic heterocycles. The van der Waals surface area contributed by atoms with Crippen LogP contribution in [0.15, 0.2) is 0 Å². The van der Waals surface area contributed by atoms with Crippen molar-refractivity contribution in [2.45, 2.75) is 159 Å². The van der Waals surface area contributed by atoms with Gasteiger partial charge in [-0.2, -0.15) is 0 Å². The van der Waals surface area contributed by atoms with Gasteiger partial charge in [0.05, 0.1) is 30.8 Å². The fourth-order valence-electron chi connectivity index (χ4n) is 7.52. The first-order chi connectivity index (χ1) is 33.2. The number of likely N-dealkylation sites (tertiary alicyclic amines) is 1. The first-order valence-corrected chi connectivity index (χ1v) is 23.2. The van der Waals surface area contributed by atoms with Gasteiger partial charge in [0.15, 0.2) is 6.29 Å². The van der Waals surface area contributed by atoms with Crippen LogP contribution in [0.25, 0.3) is 0 Å². The number of nitrogens with zero attached hydrogens (tertiary/aromatic N) is 1. The van der Waals surface area contributed by atoms with E-state index in [0.717, 1.165) is 6.92 Å². The topological polar surface area (TPSA) is 439 Å². The van der Waals surface area contributed by atoms with Gasteiger partial charge < -0.3 is 88.8 Å². The molecule has 10 amide bonds. The van der Waals surface area contributed by atoms with Crippen molar-refractivity contribution in [2.24, 2.45) is 17.4 Å². The molecule has 0 aromatic rings. The van der Waals surface area contributed by atoms with E-state index in [-0.39, 0.29) is 36.7 Å². The van der Waals surface area contributed by atoms with Crippen LogP contribution in [0.5, 0.6) is 0 Å². The summed E-state index contributed by atoms with van der Waals surface area (Å²) >= 11 is 5.12. The Labute approximate surface area is 414 Å². The highest BCUT2D eigenvalue weighted by atomic mass is 32.1. The predicted octanol–water partition coefficient (Wildman–Crippen LogP) is -6.52. The van der Waals surface area contributed by atoms with Gasteiger partial charge in [-0.1, -0.05) is 26.1 Å². The van der Waals surface area contributed by atoms with Gasteiger partial charge in [-0.15, -0.1) is 0 Å².